The minimum Gasteiger partial charge on any atom is -0.339 e. The first-order valence-corrected chi connectivity index (χ1v) is 16.0. The molecule has 1 aromatic carbocycles. The van der Waals surface area contributed by atoms with Gasteiger partial charge >= 0.3 is 0 Å². The van der Waals surface area contributed by atoms with Crippen LogP contribution in [0.25, 0.3) is 0 Å². The first-order chi connectivity index (χ1) is 18.2. The highest BCUT2D eigenvalue weighted by atomic mass is 32.2. The summed E-state index contributed by atoms with van der Waals surface area (Å²) < 4.78 is 27.9. The van der Waals surface area contributed by atoms with E-state index in [1.165, 1.54) is 23.5 Å². The number of nitrogens with zero attached hydrogens (tertiary/aromatic N) is 3. The molecule has 3 heterocycles. The second-order valence-corrected chi connectivity index (χ2v) is 13.4. The smallest absolute Gasteiger partial charge is 0.257 e. The van der Waals surface area contributed by atoms with Crippen LogP contribution in [0.2, 0.25) is 0 Å². The molecule has 2 amide bonds. The van der Waals surface area contributed by atoms with Gasteiger partial charge in [0.05, 0.1) is 10.5 Å². The molecule has 1 aromatic heterocycles. The molecule has 2 aromatic rings. The first-order valence-electron chi connectivity index (χ1n) is 13.7. The molecule has 0 saturated carbocycles. The van der Waals surface area contributed by atoms with Crippen molar-refractivity contribution in [3.8, 4) is 0 Å². The number of carbonyl (C=O) groups is 2. The monoisotopic (exact) mass is 560 g/mol. The number of fused-ring (bicyclic) bond motifs is 1. The highest BCUT2D eigenvalue weighted by Gasteiger charge is 2.32. The van der Waals surface area contributed by atoms with E-state index in [1.807, 2.05) is 11.8 Å². The Morgan fingerprint density at radius 2 is 1.76 bits per heavy atom. The van der Waals surface area contributed by atoms with E-state index in [0.717, 1.165) is 62.1 Å². The lowest BCUT2D eigenvalue weighted by molar-refractivity contribution is 0.0755. The molecular formula is C28H40N4O4S2. The third-order valence-electron chi connectivity index (χ3n) is 7.43. The maximum Gasteiger partial charge on any atom is 0.257 e. The lowest BCUT2D eigenvalue weighted by Gasteiger charge is -2.32. The van der Waals surface area contributed by atoms with Crippen molar-refractivity contribution >= 4 is 38.2 Å². The minimum atomic E-state index is -3.61. The molecule has 2 aliphatic rings. The predicted octanol–water partition coefficient (Wildman–Crippen LogP) is 4.81. The highest BCUT2D eigenvalue weighted by molar-refractivity contribution is 7.89. The van der Waals surface area contributed by atoms with Gasteiger partial charge in [-0.05, 0) is 75.9 Å². The van der Waals surface area contributed by atoms with Crippen molar-refractivity contribution in [1.82, 2.24) is 14.1 Å². The third kappa shape index (κ3) is 5.98. The van der Waals surface area contributed by atoms with Crippen LogP contribution in [0.3, 0.4) is 0 Å². The summed E-state index contributed by atoms with van der Waals surface area (Å²) in [5, 5.41) is 3.58. The van der Waals surface area contributed by atoms with E-state index < -0.39 is 10.0 Å². The molecule has 208 valence electrons. The lowest BCUT2D eigenvalue weighted by Crippen LogP contribution is -2.41. The fourth-order valence-electron chi connectivity index (χ4n) is 5.38. The van der Waals surface area contributed by atoms with E-state index in [-0.39, 0.29) is 22.8 Å². The van der Waals surface area contributed by atoms with Crippen LogP contribution in [0.4, 0.5) is 5.00 Å². The van der Waals surface area contributed by atoms with Gasteiger partial charge in [-0.15, -0.1) is 11.3 Å². The van der Waals surface area contributed by atoms with Gasteiger partial charge in [-0.3, -0.25) is 9.59 Å². The number of anilines is 1. The normalized spacial score (nSPS) is 18.7. The van der Waals surface area contributed by atoms with Crippen molar-refractivity contribution in [2.45, 2.75) is 76.8 Å². The van der Waals surface area contributed by atoms with Gasteiger partial charge < -0.3 is 15.1 Å². The first kappa shape index (κ1) is 28.7. The van der Waals surface area contributed by atoms with Crippen molar-refractivity contribution in [2.75, 3.05) is 38.5 Å². The molecule has 2 aliphatic heterocycles. The molecule has 1 atom stereocenters. The van der Waals surface area contributed by atoms with E-state index in [0.29, 0.717) is 35.8 Å². The molecule has 10 heteroatoms. The van der Waals surface area contributed by atoms with Crippen LogP contribution in [0, 0.1) is 0 Å². The molecule has 0 spiro atoms. The number of thiophene rings is 1. The Bertz CT molecular complexity index is 1250. The summed E-state index contributed by atoms with van der Waals surface area (Å²) in [5.41, 5.74) is 2.02. The maximum absolute atomic E-state index is 13.7. The topological polar surface area (TPSA) is 90.0 Å². The van der Waals surface area contributed by atoms with Crippen molar-refractivity contribution < 1.29 is 18.0 Å². The summed E-state index contributed by atoms with van der Waals surface area (Å²) in [7, 11) is -1.55. The summed E-state index contributed by atoms with van der Waals surface area (Å²) in [4.78, 5) is 32.4. The molecule has 0 radical (unpaired) electrons. The van der Waals surface area contributed by atoms with Crippen LogP contribution in [-0.4, -0.2) is 73.6 Å². The average Bonchev–Trinajstić information content (AvgIpc) is 3.25. The van der Waals surface area contributed by atoms with E-state index in [9.17, 15) is 18.0 Å². The number of carbonyl (C=O) groups excluding carboxylic acids is 2. The Balaban J connectivity index is 1.59. The fourth-order valence-corrected chi connectivity index (χ4v) is 8.39. The number of likely N-dealkylation sites (N-methyl/N-ethyl adjacent to an activating group) is 1. The van der Waals surface area contributed by atoms with Crippen molar-refractivity contribution in [2.24, 2.45) is 0 Å². The number of piperidine rings is 1. The van der Waals surface area contributed by atoms with Crippen LogP contribution >= 0.6 is 11.3 Å². The number of rotatable bonds is 9. The number of sulfonamides is 1. The standard InChI is InChI=1S/C28H40N4O4S2/c1-5-15-31(16-6-2)28(34)25-23-14-18-30(4)19-24(23)37-27(25)29-26(33)21-10-12-22(13-11-21)38(35,36)32-17-8-7-9-20(32)3/h10-13,20H,5-9,14-19H2,1-4H3,(H,29,33). The number of hydrogen-bond acceptors (Lipinski definition) is 6. The van der Waals surface area contributed by atoms with E-state index in [4.69, 9.17) is 0 Å². The zero-order chi connectivity index (χ0) is 27.4. The van der Waals surface area contributed by atoms with Gasteiger partial charge in [-0.1, -0.05) is 20.3 Å². The summed E-state index contributed by atoms with van der Waals surface area (Å²) in [6.07, 6.45) is 5.26. The number of benzene rings is 1. The average molecular weight is 561 g/mol. The van der Waals surface area contributed by atoms with Crippen molar-refractivity contribution in [1.29, 1.82) is 0 Å². The Morgan fingerprint density at radius 1 is 1.08 bits per heavy atom. The zero-order valence-electron chi connectivity index (χ0n) is 23.0. The van der Waals surface area contributed by atoms with Gasteiger partial charge in [0.25, 0.3) is 11.8 Å². The second kappa shape index (κ2) is 12.3. The van der Waals surface area contributed by atoms with Crippen molar-refractivity contribution in [3.05, 3.63) is 45.8 Å². The summed E-state index contributed by atoms with van der Waals surface area (Å²) >= 11 is 1.47. The molecule has 1 saturated heterocycles. The zero-order valence-corrected chi connectivity index (χ0v) is 24.6. The largest absolute Gasteiger partial charge is 0.339 e. The summed E-state index contributed by atoms with van der Waals surface area (Å²) in [6, 6.07) is 6.10. The van der Waals surface area contributed by atoms with Gasteiger partial charge in [0.1, 0.15) is 5.00 Å². The predicted molar refractivity (Wildman–Crippen MR) is 152 cm³/mol. The number of nitrogens with one attached hydrogen (secondary N) is 1. The number of hydrogen-bond donors (Lipinski definition) is 1. The van der Waals surface area contributed by atoms with Crippen LogP contribution in [0.1, 0.15) is 84.0 Å². The fraction of sp³-hybridized carbons (Fsp3) is 0.571. The molecule has 1 unspecified atom stereocenters. The molecule has 0 aliphatic carbocycles. The third-order valence-corrected chi connectivity index (χ3v) is 10.6. The van der Waals surface area contributed by atoms with E-state index in [1.54, 1.807) is 16.4 Å². The lowest BCUT2D eigenvalue weighted by atomic mass is 10.0. The van der Waals surface area contributed by atoms with Gasteiger partial charge in [-0.2, -0.15) is 4.31 Å². The Morgan fingerprint density at radius 3 is 2.39 bits per heavy atom. The second-order valence-electron chi connectivity index (χ2n) is 10.4. The van der Waals surface area contributed by atoms with E-state index >= 15 is 0 Å². The Hall–Kier alpha value is -2.27. The molecule has 4 rings (SSSR count). The van der Waals surface area contributed by atoms with Gasteiger partial charge in [0, 0.05) is 49.2 Å². The summed E-state index contributed by atoms with van der Waals surface area (Å²) in [6.45, 7) is 9.56. The highest BCUT2D eigenvalue weighted by Crippen LogP contribution is 2.38. The molecular weight excluding hydrogens is 520 g/mol. The van der Waals surface area contributed by atoms with Crippen LogP contribution in [0.5, 0.6) is 0 Å². The van der Waals surface area contributed by atoms with Crippen LogP contribution < -0.4 is 5.32 Å². The van der Waals surface area contributed by atoms with Crippen LogP contribution in [-0.2, 0) is 23.0 Å². The van der Waals surface area contributed by atoms with Crippen LogP contribution in [0.15, 0.2) is 29.2 Å². The van der Waals surface area contributed by atoms with Gasteiger partial charge in [0.2, 0.25) is 10.0 Å². The van der Waals surface area contributed by atoms with Gasteiger partial charge in [-0.25, -0.2) is 8.42 Å². The van der Waals surface area contributed by atoms with Crippen molar-refractivity contribution in [3.63, 3.8) is 0 Å². The van der Waals surface area contributed by atoms with E-state index in [2.05, 4.69) is 31.1 Å². The minimum absolute atomic E-state index is 0.0249. The maximum atomic E-state index is 13.7. The molecule has 1 N–H and O–H groups in total. The molecule has 1 fully saturated rings. The molecule has 38 heavy (non-hydrogen) atoms. The Kier molecular flexibility index (Phi) is 9.28. The van der Waals surface area contributed by atoms with Gasteiger partial charge in [0.15, 0.2) is 0 Å². The summed E-state index contributed by atoms with van der Waals surface area (Å²) in [5.74, 6) is -0.373. The number of amides is 2. The quantitative estimate of drug-likeness (QED) is 0.475. The molecule has 0 bridgehead atoms. The SMILES string of the molecule is CCCN(CCC)C(=O)c1c(NC(=O)c2ccc(S(=O)(=O)N3CCCCC3C)cc2)sc2c1CCN(C)C2. The Labute approximate surface area is 231 Å². The molecule has 8 nitrogen and oxygen atoms in total.